The van der Waals surface area contributed by atoms with Crippen molar-refractivity contribution in [2.24, 2.45) is 0 Å². The van der Waals surface area contributed by atoms with Crippen LogP contribution in [-0.2, 0) is 11.5 Å². The number of anilines is 1. The first-order valence-corrected chi connectivity index (χ1v) is 8.85. The maximum absolute atomic E-state index is 12.8. The topological polar surface area (TPSA) is 94.3 Å². The van der Waals surface area contributed by atoms with Crippen LogP contribution in [-0.4, -0.2) is 51.1 Å². The maximum atomic E-state index is 12.8. The molecule has 1 aliphatic rings. The van der Waals surface area contributed by atoms with Crippen molar-refractivity contribution in [3.63, 3.8) is 0 Å². The van der Waals surface area contributed by atoms with Crippen molar-refractivity contribution in [1.29, 1.82) is 0 Å². The van der Waals surface area contributed by atoms with E-state index in [0.717, 1.165) is 5.69 Å². The van der Waals surface area contributed by atoms with Gasteiger partial charge in [0, 0.05) is 25.1 Å². The summed E-state index contributed by atoms with van der Waals surface area (Å²) in [5, 5.41) is 11.2. The van der Waals surface area contributed by atoms with Gasteiger partial charge in [-0.15, -0.1) is 0 Å². The number of fused-ring (bicyclic) bond motifs is 1. The Morgan fingerprint density at radius 2 is 2.14 bits per heavy atom. The second kappa shape index (κ2) is 7.18. The van der Waals surface area contributed by atoms with Crippen molar-refractivity contribution in [2.75, 3.05) is 18.6 Å². The number of amides is 2. The van der Waals surface area contributed by atoms with Gasteiger partial charge in [0.05, 0.1) is 5.69 Å². The molecule has 3 aromatic rings. The molecule has 2 amide bonds. The van der Waals surface area contributed by atoms with E-state index < -0.39 is 11.9 Å². The molecule has 1 atom stereocenters. The predicted molar refractivity (Wildman–Crippen MR) is 101 cm³/mol. The van der Waals surface area contributed by atoms with Gasteiger partial charge in [-0.25, -0.2) is 4.68 Å². The van der Waals surface area contributed by atoms with E-state index in [-0.39, 0.29) is 18.2 Å². The Morgan fingerprint density at radius 1 is 1.32 bits per heavy atom. The number of nitrogens with zero attached hydrogens (tertiary/aromatic N) is 5. The van der Waals surface area contributed by atoms with E-state index in [1.165, 1.54) is 4.90 Å². The molecule has 3 heterocycles. The predicted octanol–water partition coefficient (Wildman–Crippen LogP) is 1.05. The molecule has 9 heteroatoms. The van der Waals surface area contributed by atoms with Crippen LogP contribution < -0.4 is 15.0 Å². The smallest absolute Gasteiger partial charge is 0.272 e. The van der Waals surface area contributed by atoms with Crippen LogP contribution in [0.1, 0.15) is 16.2 Å². The molecule has 0 spiro atoms. The van der Waals surface area contributed by atoms with Crippen LogP contribution in [0.3, 0.4) is 0 Å². The van der Waals surface area contributed by atoms with Crippen LogP contribution >= 0.6 is 0 Å². The number of rotatable bonds is 4. The number of aryl methyl sites for hydroxylation is 1. The second-order valence-electron chi connectivity index (χ2n) is 6.56. The Bertz CT molecular complexity index is 1010. The molecule has 1 N–H and O–H groups in total. The quantitative estimate of drug-likeness (QED) is 0.730. The SMILES string of the molecule is Cc1cc(C(=O)NC2COc3ccccc3N(C)C2=O)nn1Cn1cccn1. The molecule has 28 heavy (non-hydrogen) atoms. The van der Waals surface area contributed by atoms with Crippen LogP contribution in [0.4, 0.5) is 5.69 Å². The van der Waals surface area contributed by atoms with Gasteiger partial charge in [0.25, 0.3) is 11.8 Å². The second-order valence-corrected chi connectivity index (χ2v) is 6.56. The van der Waals surface area contributed by atoms with E-state index in [9.17, 15) is 9.59 Å². The molecule has 1 aromatic carbocycles. The fourth-order valence-electron chi connectivity index (χ4n) is 3.07. The molecule has 144 valence electrons. The van der Waals surface area contributed by atoms with E-state index in [4.69, 9.17) is 4.74 Å². The number of carbonyl (C=O) groups excluding carboxylic acids is 2. The van der Waals surface area contributed by atoms with E-state index >= 15 is 0 Å². The molecule has 0 aliphatic carbocycles. The first-order valence-electron chi connectivity index (χ1n) is 8.85. The van der Waals surface area contributed by atoms with Gasteiger partial charge in [-0.05, 0) is 31.2 Å². The van der Waals surface area contributed by atoms with Crippen LogP contribution in [0.15, 0.2) is 48.8 Å². The summed E-state index contributed by atoms with van der Waals surface area (Å²) in [6.07, 6.45) is 3.49. The largest absolute Gasteiger partial charge is 0.489 e. The maximum Gasteiger partial charge on any atom is 0.272 e. The summed E-state index contributed by atoms with van der Waals surface area (Å²) >= 11 is 0. The molecule has 0 saturated carbocycles. The minimum Gasteiger partial charge on any atom is -0.489 e. The number of para-hydroxylation sites is 2. The third-order valence-corrected chi connectivity index (χ3v) is 4.62. The van der Waals surface area contributed by atoms with Crippen molar-refractivity contribution in [1.82, 2.24) is 24.9 Å². The molecule has 2 aromatic heterocycles. The van der Waals surface area contributed by atoms with Gasteiger partial charge in [-0.3, -0.25) is 14.3 Å². The highest BCUT2D eigenvalue weighted by atomic mass is 16.5. The standard InChI is InChI=1S/C19H20N6O3/c1-13-10-14(22-25(13)12-24-9-5-8-20-24)18(26)21-15-11-28-17-7-4-3-6-16(17)23(2)19(15)27/h3-10,15H,11-12H2,1-2H3,(H,21,26). The molecule has 1 unspecified atom stereocenters. The molecular weight excluding hydrogens is 360 g/mol. The monoisotopic (exact) mass is 380 g/mol. The third kappa shape index (κ3) is 3.34. The normalized spacial score (nSPS) is 16.3. The third-order valence-electron chi connectivity index (χ3n) is 4.62. The number of hydrogen-bond donors (Lipinski definition) is 1. The van der Waals surface area contributed by atoms with Crippen LogP contribution in [0.25, 0.3) is 0 Å². The molecule has 0 saturated heterocycles. The Balaban J connectivity index is 1.49. The van der Waals surface area contributed by atoms with E-state index in [2.05, 4.69) is 15.5 Å². The van der Waals surface area contributed by atoms with Gasteiger partial charge in [-0.1, -0.05) is 12.1 Å². The van der Waals surface area contributed by atoms with Crippen molar-refractivity contribution < 1.29 is 14.3 Å². The summed E-state index contributed by atoms with van der Waals surface area (Å²) in [5.74, 6) is -0.0657. The summed E-state index contributed by atoms with van der Waals surface area (Å²) in [6.45, 7) is 2.31. The summed E-state index contributed by atoms with van der Waals surface area (Å²) in [7, 11) is 1.66. The molecule has 0 fully saturated rings. The van der Waals surface area contributed by atoms with E-state index in [0.29, 0.717) is 18.1 Å². The lowest BCUT2D eigenvalue weighted by molar-refractivity contribution is -0.120. The molecule has 0 radical (unpaired) electrons. The zero-order chi connectivity index (χ0) is 19.7. The fraction of sp³-hybridized carbons (Fsp3) is 0.263. The number of ether oxygens (including phenoxy) is 1. The summed E-state index contributed by atoms with van der Waals surface area (Å²) in [5.41, 5.74) is 1.72. The Labute approximate surface area is 161 Å². The van der Waals surface area contributed by atoms with Crippen LogP contribution in [0, 0.1) is 6.92 Å². The number of hydrogen-bond acceptors (Lipinski definition) is 5. The molecule has 1 aliphatic heterocycles. The zero-order valence-electron chi connectivity index (χ0n) is 15.6. The first-order chi connectivity index (χ1) is 13.5. The summed E-state index contributed by atoms with van der Waals surface area (Å²) in [4.78, 5) is 26.9. The number of carbonyl (C=O) groups is 2. The van der Waals surface area contributed by atoms with Crippen molar-refractivity contribution in [2.45, 2.75) is 19.6 Å². The summed E-state index contributed by atoms with van der Waals surface area (Å²) < 4.78 is 9.10. The van der Waals surface area contributed by atoms with Gasteiger partial charge >= 0.3 is 0 Å². The van der Waals surface area contributed by atoms with Gasteiger partial charge in [0.2, 0.25) is 0 Å². The number of benzene rings is 1. The van der Waals surface area contributed by atoms with Crippen molar-refractivity contribution >= 4 is 17.5 Å². The zero-order valence-corrected chi connectivity index (χ0v) is 15.6. The fourth-order valence-corrected chi connectivity index (χ4v) is 3.07. The Kier molecular flexibility index (Phi) is 4.56. The van der Waals surface area contributed by atoms with E-state index in [1.54, 1.807) is 40.8 Å². The molecular formula is C19H20N6O3. The average molecular weight is 380 g/mol. The van der Waals surface area contributed by atoms with E-state index in [1.807, 2.05) is 31.3 Å². The minimum atomic E-state index is -0.804. The number of nitrogens with one attached hydrogen (secondary N) is 1. The number of aromatic nitrogens is 4. The van der Waals surface area contributed by atoms with Crippen molar-refractivity contribution in [3.8, 4) is 5.75 Å². The highest BCUT2D eigenvalue weighted by molar-refractivity contribution is 6.02. The average Bonchev–Trinajstić information content (AvgIpc) is 3.32. The van der Waals surface area contributed by atoms with Gasteiger partial charge in [0.15, 0.2) is 5.69 Å². The molecule has 4 rings (SSSR count). The lowest BCUT2D eigenvalue weighted by atomic mass is 10.2. The van der Waals surface area contributed by atoms with Crippen LogP contribution in [0.5, 0.6) is 5.75 Å². The number of likely N-dealkylation sites (N-methyl/N-ethyl adjacent to an activating group) is 1. The Morgan fingerprint density at radius 3 is 2.93 bits per heavy atom. The highest BCUT2D eigenvalue weighted by Crippen LogP contribution is 2.29. The Hall–Kier alpha value is -3.62. The first kappa shape index (κ1) is 17.8. The van der Waals surface area contributed by atoms with Crippen molar-refractivity contribution in [3.05, 3.63) is 60.2 Å². The van der Waals surface area contributed by atoms with Gasteiger partial charge < -0.3 is 15.0 Å². The van der Waals surface area contributed by atoms with Gasteiger partial charge in [0.1, 0.15) is 25.1 Å². The van der Waals surface area contributed by atoms with Crippen LogP contribution in [0.2, 0.25) is 0 Å². The summed E-state index contributed by atoms with van der Waals surface area (Å²) in [6, 6.07) is 9.96. The highest BCUT2D eigenvalue weighted by Gasteiger charge is 2.31. The van der Waals surface area contributed by atoms with Gasteiger partial charge in [-0.2, -0.15) is 10.2 Å². The minimum absolute atomic E-state index is 0.0545. The molecule has 0 bridgehead atoms. The lowest BCUT2D eigenvalue weighted by Gasteiger charge is -2.20. The molecule has 9 nitrogen and oxygen atoms in total. The lowest BCUT2D eigenvalue weighted by Crippen LogP contribution is -2.49.